The Bertz CT molecular complexity index is 617. The van der Waals surface area contributed by atoms with E-state index in [4.69, 9.17) is 14.2 Å². The number of thiophene rings is 1. The van der Waals surface area contributed by atoms with E-state index in [0.717, 1.165) is 23.6 Å². The number of aliphatic hydroxyl groups excluding tert-OH is 1. The molecule has 1 N–H and O–H groups in total. The quantitative estimate of drug-likeness (QED) is 0.803. The molecule has 0 fully saturated rings. The van der Waals surface area contributed by atoms with Gasteiger partial charge >= 0.3 is 0 Å². The highest BCUT2D eigenvalue weighted by Gasteiger charge is 2.14. The van der Waals surface area contributed by atoms with Crippen LogP contribution in [0.5, 0.6) is 11.5 Å². The van der Waals surface area contributed by atoms with Gasteiger partial charge in [0.1, 0.15) is 0 Å². The first-order valence-electron chi connectivity index (χ1n) is 7.56. The molecule has 1 aromatic carbocycles. The first-order chi connectivity index (χ1) is 11.2. The number of rotatable bonds is 8. The van der Waals surface area contributed by atoms with Crippen molar-refractivity contribution in [3.63, 3.8) is 0 Å². The SMILES string of the molecule is CN(Cc1cccs1)C[C@H](O)COCc1ccc2c(c1)OCO2. The smallest absolute Gasteiger partial charge is 0.231 e. The number of ether oxygens (including phenoxy) is 3. The monoisotopic (exact) mass is 335 g/mol. The average Bonchev–Trinajstić information content (AvgIpc) is 3.17. The molecule has 0 saturated carbocycles. The van der Waals surface area contributed by atoms with Gasteiger partial charge in [-0.2, -0.15) is 0 Å². The maximum Gasteiger partial charge on any atom is 0.231 e. The Morgan fingerprint density at radius 3 is 3.00 bits per heavy atom. The Balaban J connectivity index is 1.38. The Hall–Kier alpha value is -1.60. The number of hydrogen-bond acceptors (Lipinski definition) is 6. The van der Waals surface area contributed by atoms with Crippen LogP contribution < -0.4 is 9.47 Å². The van der Waals surface area contributed by atoms with Crippen LogP contribution in [-0.2, 0) is 17.9 Å². The average molecular weight is 335 g/mol. The van der Waals surface area contributed by atoms with Gasteiger partial charge in [-0.1, -0.05) is 12.1 Å². The lowest BCUT2D eigenvalue weighted by Crippen LogP contribution is -2.31. The van der Waals surface area contributed by atoms with Crippen molar-refractivity contribution >= 4 is 11.3 Å². The summed E-state index contributed by atoms with van der Waals surface area (Å²) in [7, 11) is 2.00. The van der Waals surface area contributed by atoms with Gasteiger partial charge in [0.2, 0.25) is 6.79 Å². The fraction of sp³-hybridized carbons (Fsp3) is 0.412. The number of likely N-dealkylation sites (N-methyl/N-ethyl adjacent to an activating group) is 1. The third-order valence-corrected chi connectivity index (χ3v) is 4.41. The molecule has 0 spiro atoms. The Kier molecular flexibility index (Phi) is 5.51. The minimum Gasteiger partial charge on any atom is -0.454 e. The van der Waals surface area contributed by atoms with Crippen molar-refractivity contribution in [2.24, 2.45) is 0 Å². The van der Waals surface area contributed by atoms with E-state index in [2.05, 4.69) is 16.3 Å². The van der Waals surface area contributed by atoms with Crippen molar-refractivity contribution in [2.75, 3.05) is 27.0 Å². The van der Waals surface area contributed by atoms with Crippen LogP contribution in [0.2, 0.25) is 0 Å². The molecule has 5 nitrogen and oxygen atoms in total. The summed E-state index contributed by atoms with van der Waals surface area (Å²) in [6.45, 7) is 2.45. The van der Waals surface area contributed by atoms with Gasteiger partial charge in [-0.05, 0) is 36.2 Å². The van der Waals surface area contributed by atoms with E-state index in [9.17, 15) is 5.11 Å². The predicted molar refractivity (Wildman–Crippen MR) is 88.9 cm³/mol. The lowest BCUT2D eigenvalue weighted by atomic mass is 10.2. The van der Waals surface area contributed by atoms with E-state index in [1.165, 1.54) is 4.88 Å². The van der Waals surface area contributed by atoms with E-state index in [0.29, 0.717) is 19.8 Å². The summed E-state index contributed by atoms with van der Waals surface area (Å²) in [6, 6.07) is 9.88. The van der Waals surface area contributed by atoms with Crippen molar-refractivity contribution in [3.8, 4) is 11.5 Å². The first kappa shape index (κ1) is 16.3. The van der Waals surface area contributed by atoms with Gasteiger partial charge in [0.05, 0.1) is 19.3 Å². The minimum atomic E-state index is -0.506. The lowest BCUT2D eigenvalue weighted by Gasteiger charge is -2.20. The number of nitrogens with zero attached hydrogens (tertiary/aromatic N) is 1. The van der Waals surface area contributed by atoms with Gasteiger partial charge in [-0.15, -0.1) is 11.3 Å². The van der Waals surface area contributed by atoms with Crippen molar-refractivity contribution in [2.45, 2.75) is 19.3 Å². The molecule has 124 valence electrons. The van der Waals surface area contributed by atoms with Gasteiger partial charge < -0.3 is 19.3 Å². The second-order valence-electron chi connectivity index (χ2n) is 5.63. The largest absolute Gasteiger partial charge is 0.454 e. The van der Waals surface area contributed by atoms with Crippen LogP contribution in [0.15, 0.2) is 35.7 Å². The Labute approximate surface area is 140 Å². The van der Waals surface area contributed by atoms with Crippen LogP contribution >= 0.6 is 11.3 Å². The fourth-order valence-electron chi connectivity index (χ4n) is 2.49. The summed E-state index contributed by atoms with van der Waals surface area (Å²) >= 11 is 1.73. The molecule has 0 saturated heterocycles. The number of fused-ring (bicyclic) bond motifs is 1. The number of benzene rings is 1. The molecule has 1 aromatic heterocycles. The van der Waals surface area contributed by atoms with Crippen LogP contribution in [-0.4, -0.2) is 43.1 Å². The summed E-state index contributed by atoms with van der Waals surface area (Å²) in [5, 5.41) is 12.1. The van der Waals surface area contributed by atoms with Crippen LogP contribution in [0.3, 0.4) is 0 Å². The Morgan fingerprint density at radius 1 is 1.30 bits per heavy atom. The maximum absolute atomic E-state index is 10.1. The minimum absolute atomic E-state index is 0.273. The molecule has 3 rings (SSSR count). The predicted octanol–water partition coefficient (Wildman–Crippen LogP) is 2.49. The first-order valence-corrected chi connectivity index (χ1v) is 8.44. The molecule has 2 heterocycles. The van der Waals surface area contributed by atoms with Gasteiger partial charge in [-0.25, -0.2) is 0 Å². The van der Waals surface area contributed by atoms with Crippen molar-refractivity contribution < 1.29 is 19.3 Å². The van der Waals surface area contributed by atoms with Gasteiger partial charge in [-0.3, -0.25) is 4.90 Å². The standard InChI is InChI=1S/C17H21NO4S/c1-18(9-15-3-2-6-23-15)8-14(19)11-20-10-13-4-5-16-17(7-13)22-12-21-16/h2-7,14,19H,8-12H2,1H3/t14-/m0/s1. The van der Waals surface area contributed by atoms with E-state index >= 15 is 0 Å². The molecule has 0 aliphatic carbocycles. The van der Waals surface area contributed by atoms with E-state index in [1.807, 2.05) is 31.3 Å². The van der Waals surface area contributed by atoms with Crippen LogP contribution in [0.1, 0.15) is 10.4 Å². The van der Waals surface area contributed by atoms with E-state index < -0.39 is 6.10 Å². The maximum atomic E-state index is 10.1. The number of aliphatic hydroxyl groups is 1. The molecule has 23 heavy (non-hydrogen) atoms. The van der Waals surface area contributed by atoms with Crippen molar-refractivity contribution in [1.29, 1.82) is 0 Å². The summed E-state index contributed by atoms with van der Waals surface area (Å²) in [6.07, 6.45) is -0.506. The molecule has 1 aliphatic heterocycles. The molecule has 0 amide bonds. The molecule has 0 unspecified atom stereocenters. The highest BCUT2D eigenvalue weighted by molar-refractivity contribution is 7.09. The highest BCUT2D eigenvalue weighted by Crippen LogP contribution is 2.32. The summed E-state index contributed by atoms with van der Waals surface area (Å²) < 4.78 is 16.2. The molecular weight excluding hydrogens is 314 g/mol. The van der Waals surface area contributed by atoms with E-state index in [-0.39, 0.29) is 6.79 Å². The normalized spacial score (nSPS) is 14.4. The van der Waals surface area contributed by atoms with Gasteiger partial charge in [0, 0.05) is 18.0 Å². The van der Waals surface area contributed by atoms with Crippen LogP contribution in [0.25, 0.3) is 0 Å². The molecule has 1 atom stereocenters. The molecule has 2 aromatic rings. The molecule has 0 bridgehead atoms. The van der Waals surface area contributed by atoms with Crippen LogP contribution in [0.4, 0.5) is 0 Å². The summed E-state index contributed by atoms with van der Waals surface area (Å²) in [5.41, 5.74) is 1.01. The van der Waals surface area contributed by atoms with Gasteiger partial charge in [0.25, 0.3) is 0 Å². The van der Waals surface area contributed by atoms with E-state index in [1.54, 1.807) is 11.3 Å². The zero-order valence-electron chi connectivity index (χ0n) is 13.1. The zero-order valence-corrected chi connectivity index (χ0v) is 13.9. The second kappa shape index (κ2) is 7.79. The third-order valence-electron chi connectivity index (χ3n) is 3.54. The third kappa shape index (κ3) is 4.68. The van der Waals surface area contributed by atoms with Crippen molar-refractivity contribution in [1.82, 2.24) is 4.90 Å². The molecule has 0 radical (unpaired) electrons. The highest BCUT2D eigenvalue weighted by atomic mass is 32.1. The number of hydrogen-bond donors (Lipinski definition) is 1. The topological polar surface area (TPSA) is 51.2 Å². The fourth-order valence-corrected chi connectivity index (χ4v) is 3.27. The van der Waals surface area contributed by atoms with Gasteiger partial charge in [0.15, 0.2) is 11.5 Å². The molecular formula is C17H21NO4S. The summed E-state index contributed by atoms with van der Waals surface area (Å²) in [4.78, 5) is 3.39. The second-order valence-corrected chi connectivity index (χ2v) is 6.66. The Morgan fingerprint density at radius 2 is 2.17 bits per heavy atom. The molecule has 1 aliphatic rings. The lowest BCUT2D eigenvalue weighted by molar-refractivity contribution is 0.0128. The van der Waals surface area contributed by atoms with Crippen molar-refractivity contribution in [3.05, 3.63) is 46.2 Å². The van der Waals surface area contributed by atoms with Crippen LogP contribution in [0, 0.1) is 0 Å². The summed E-state index contributed by atoms with van der Waals surface area (Å²) in [5.74, 6) is 1.52. The zero-order chi connectivity index (χ0) is 16.1. The molecule has 6 heteroatoms.